The smallest absolute Gasteiger partial charge is 0.303 e. The minimum atomic E-state index is -1.26. The van der Waals surface area contributed by atoms with E-state index in [0.717, 1.165) is 38.5 Å². The van der Waals surface area contributed by atoms with Crippen molar-refractivity contribution in [1.82, 2.24) is 0 Å². The summed E-state index contributed by atoms with van der Waals surface area (Å²) in [6.45, 7) is 11.4. The summed E-state index contributed by atoms with van der Waals surface area (Å²) >= 11 is 0. The summed E-state index contributed by atoms with van der Waals surface area (Å²) in [5.74, 6) is 0.825. The molecule has 43 heavy (non-hydrogen) atoms. The fraction of sp³-hybridized carbons (Fsp3) is 0.912. The number of carbonyl (C=O) groups is 3. The molecule has 0 radical (unpaired) electrons. The van der Waals surface area contributed by atoms with E-state index < -0.39 is 36.2 Å². The number of aliphatic hydroxyl groups excluding tert-OH is 1. The van der Waals surface area contributed by atoms with Crippen LogP contribution in [0.4, 0.5) is 0 Å². The second-order valence-electron chi connectivity index (χ2n) is 16.2. The summed E-state index contributed by atoms with van der Waals surface area (Å²) in [6, 6.07) is 0. The lowest BCUT2D eigenvalue weighted by Crippen LogP contribution is -2.56. The van der Waals surface area contributed by atoms with E-state index in [1.807, 2.05) is 0 Å². The molecule has 0 bridgehead atoms. The Morgan fingerprint density at radius 3 is 2.40 bits per heavy atom. The van der Waals surface area contributed by atoms with E-state index in [9.17, 15) is 24.6 Å². The van der Waals surface area contributed by atoms with Crippen LogP contribution in [0.3, 0.4) is 0 Å². The van der Waals surface area contributed by atoms with Crippen LogP contribution in [-0.2, 0) is 33.3 Å². The fourth-order valence-corrected chi connectivity index (χ4v) is 12.0. The number of aliphatic hydroxyl groups is 2. The average molecular weight is 605 g/mol. The van der Waals surface area contributed by atoms with Crippen LogP contribution < -0.4 is 0 Å². The van der Waals surface area contributed by atoms with E-state index in [2.05, 4.69) is 20.8 Å². The predicted octanol–water partition coefficient (Wildman–Crippen LogP) is 3.99. The molecule has 0 aromatic carbocycles. The molecule has 9 heteroatoms. The van der Waals surface area contributed by atoms with Crippen LogP contribution in [0.25, 0.3) is 0 Å². The molecule has 6 rings (SSSR count). The van der Waals surface area contributed by atoms with E-state index in [1.54, 1.807) is 13.8 Å². The van der Waals surface area contributed by atoms with Crippen LogP contribution in [0.2, 0.25) is 0 Å². The van der Waals surface area contributed by atoms with Gasteiger partial charge in [-0.25, -0.2) is 0 Å². The van der Waals surface area contributed by atoms with Crippen LogP contribution in [0.5, 0.6) is 0 Å². The largest absolute Gasteiger partial charge is 0.457 e. The Hall–Kier alpha value is -1.39. The monoisotopic (exact) mass is 604 g/mol. The molecule has 6 aliphatic rings. The molecule has 1 aliphatic heterocycles. The van der Waals surface area contributed by atoms with E-state index in [1.165, 1.54) is 19.8 Å². The summed E-state index contributed by atoms with van der Waals surface area (Å²) < 4.78 is 23.8. The van der Waals surface area contributed by atoms with Crippen molar-refractivity contribution in [2.45, 2.75) is 142 Å². The molecule has 5 aliphatic carbocycles. The van der Waals surface area contributed by atoms with Crippen LogP contribution >= 0.6 is 0 Å². The molecule has 6 fully saturated rings. The van der Waals surface area contributed by atoms with Gasteiger partial charge in [0.2, 0.25) is 6.29 Å². The topological polar surface area (TPSA) is 129 Å². The van der Waals surface area contributed by atoms with E-state index in [-0.39, 0.29) is 52.3 Å². The number of hydrogen-bond acceptors (Lipinski definition) is 9. The van der Waals surface area contributed by atoms with E-state index in [0.29, 0.717) is 30.8 Å². The lowest BCUT2D eigenvalue weighted by molar-refractivity contribution is -0.217. The summed E-state index contributed by atoms with van der Waals surface area (Å²) in [5.41, 5.74) is -0.994. The summed E-state index contributed by atoms with van der Waals surface area (Å²) in [5, 5.41) is 22.9. The van der Waals surface area contributed by atoms with Crippen molar-refractivity contribution in [2.75, 3.05) is 6.61 Å². The van der Waals surface area contributed by atoms with Gasteiger partial charge in [0, 0.05) is 6.92 Å². The number of ether oxygens (including phenoxy) is 4. The molecule has 1 heterocycles. The van der Waals surface area contributed by atoms with Gasteiger partial charge in [-0.2, -0.15) is 0 Å². The minimum Gasteiger partial charge on any atom is -0.457 e. The Kier molecular flexibility index (Phi) is 7.77. The Bertz CT molecular complexity index is 1120. The molecule has 0 aromatic rings. The maximum absolute atomic E-state index is 12.1. The molecule has 5 saturated carbocycles. The highest BCUT2D eigenvalue weighted by molar-refractivity contribution is 5.66. The van der Waals surface area contributed by atoms with Crippen molar-refractivity contribution in [3.05, 3.63) is 0 Å². The molecule has 9 nitrogen and oxygen atoms in total. The Balaban J connectivity index is 1.22. The lowest BCUT2D eigenvalue weighted by atomic mass is 9.46. The third-order valence-corrected chi connectivity index (χ3v) is 13.6. The second kappa shape index (κ2) is 10.6. The van der Waals surface area contributed by atoms with Gasteiger partial charge in [0.1, 0.15) is 12.9 Å². The maximum atomic E-state index is 12.1. The van der Waals surface area contributed by atoms with Gasteiger partial charge in [-0.05, 0) is 117 Å². The first-order chi connectivity index (χ1) is 20.2. The quantitative estimate of drug-likeness (QED) is 0.228. The fourth-order valence-electron chi connectivity index (χ4n) is 12.0. The molecule has 242 valence electrons. The molecule has 0 amide bonds. The number of fused-ring (bicyclic) bond motifs is 4. The van der Waals surface area contributed by atoms with Crippen molar-refractivity contribution in [3.8, 4) is 0 Å². The zero-order valence-electron chi connectivity index (χ0n) is 26.8. The van der Waals surface area contributed by atoms with E-state index in [4.69, 9.17) is 18.9 Å². The zero-order valence-corrected chi connectivity index (χ0v) is 26.8. The summed E-state index contributed by atoms with van der Waals surface area (Å²) in [4.78, 5) is 34.3. The first kappa shape index (κ1) is 31.6. The molecule has 12 unspecified atom stereocenters. The summed E-state index contributed by atoms with van der Waals surface area (Å²) in [6.07, 6.45) is 6.97. The minimum absolute atomic E-state index is 0.0177. The number of rotatable bonds is 9. The van der Waals surface area contributed by atoms with Crippen LogP contribution in [0, 0.1) is 45.3 Å². The zero-order chi connectivity index (χ0) is 31.2. The first-order valence-corrected chi connectivity index (χ1v) is 16.6. The number of carbonyl (C=O) groups excluding carboxylic acids is 3. The van der Waals surface area contributed by atoms with Crippen LogP contribution in [0.15, 0.2) is 0 Å². The molecule has 1 saturated heterocycles. The van der Waals surface area contributed by atoms with Gasteiger partial charge in [-0.1, -0.05) is 20.8 Å². The third-order valence-electron chi connectivity index (χ3n) is 13.6. The van der Waals surface area contributed by atoms with Crippen LogP contribution in [0.1, 0.15) is 99.3 Å². The molecular formula is C34H52O9. The van der Waals surface area contributed by atoms with Gasteiger partial charge in [-0.15, -0.1) is 0 Å². The molecule has 0 aromatic heterocycles. The predicted molar refractivity (Wildman–Crippen MR) is 156 cm³/mol. The van der Waals surface area contributed by atoms with Crippen molar-refractivity contribution in [3.63, 3.8) is 0 Å². The lowest BCUT2D eigenvalue weighted by Gasteiger charge is -2.60. The standard InChI is InChI=1S/C34H52O9/c1-19(37)41-29(31(4,5)39)22-9-7-21-28(42-22)27(38)26-20-8-10-23-30(2,3)24(43-25(17-36)40-16-15-35)11-12-34(23)18-33(20,34)14-13-32(21,26)6/h15,17,20-29,38-39H,7-14,16,18H2,1-6H3/t20?,21?,22?,23?,24-,25?,26?,27?,28?,29?,32?,33?,34?/m0/s1. The van der Waals surface area contributed by atoms with Gasteiger partial charge in [0.15, 0.2) is 12.4 Å². The van der Waals surface area contributed by atoms with Crippen molar-refractivity contribution in [2.24, 2.45) is 45.3 Å². The van der Waals surface area contributed by atoms with Gasteiger partial charge >= 0.3 is 5.97 Å². The second-order valence-corrected chi connectivity index (χ2v) is 16.2. The van der Waals surface area contributed by atoms with Crippen molar-refractivity contribution < 1.29 is 43.5 Å². The Morgan fingerprint density at radius 1 is 1.02 bits per heavy atom. The van der Waals surface area contributed by atoms with Crippen LogP contribution in [-0.4, -0.2) is 77.8 Å². The Morgan fingerprint density at radius 2 is 1.74 bits per heavy atom. The number of hydrogen-bond donors (Lipinski definition) is 2. The number of aldehydes is 2. The highest BCUT2D eigenvalue weighted by Gasteiger charge is 2.81. The molecule has 2 N–H and O–H groups in total. The summed E-state index contributed by atoms with van der Waals surface area (Å²) in [7, 11) is 0. The highest BCUT2D eigenvalue weighted by atomic mass is 16.7. The van der Waals surface area contributed by atoms with Crippen molar-refractivity contribution in [1.29, 1.82) is 0 Å². The average Bonchev–Trinajstić information content (AvgIpc) is 3.55. The Labute approximate surface area is 255 Å². The highest BCUT2D eigenvalue weighted by Crippen LogP contribution is 2.87. The van der Waals surface area contributed by atoms with Gasteiger partial charge in [0.05, 0.1) is 30.0 Å². The van der Waals surface area contributed by atoms with Crippen molar-refractivity contribution >= 4 is 18.5 Å². The molecule has 2 spiro atoms. The van der Waals surface area contributed by atoms with E-state index >= 15 is 0 Å². The SMILES string of the molecule is CC(=O)OC(C1CCC2C(O1)C(O)C1C3CCC4C(C)(C)[C@@H](OC(C=O)OCC=O)CCC45CC35CCC21C)C(C)(C)O. The van der Waals surface area contributed by atoms with Gasteiger partial charge < -0.3 is 34.0 Å². The van der Waals surface area contributed by atoms with Gasteiger partial charge in [-0.3, -0.25) is 9.59 Å². The van der Waals surface area contributed by atoms with Gasteiger partial charge in [0.25, 0.3) is 0 Å². The first-order valence-electron chi connectivity index (χ1n) is 16.6. The third kappa shape index (κ3) is 4.61. The normalized spacial score (nSPS) is 47.4. The molecule has 13 atom stereocenters. The maximum Gasteiger partial charge on any atom is 0.303 e. The molecular weight excluding hydrogens is 552 g/mol. The number of esters is 1.